The number of ether oxygens (including phenoxy) is 4. The van der Waals surface area contributed by atoms with E-state index in [4.69, 9.17) is 18.9 Å². The molecule has 31 heavy (non-hydrogen) atoms. The Kier molecular flexibility index (Phi) is 7.67. The van der Waals surface area contributed by atoms with Gasteiger partial charge in [-0.2, -0.15) is 0 Å². The predicted octanol–water partition coefficient (Wildman–Crippen LogP) is 2.66. The summed E-state index contributed by atoms with van der Waals surface area (Å²) in [6.45, 7) is 5.13. The van der Waals surface area contributed by atoms with Crippen LogP contribution in [0.15, 0.2) is 42.5 Å². The first kappa shape index (κ1) is 23.6. The second kappa shape index (κ2) is 10.1. The molecular weight excluding hydrogens is 400 g/mol. The summed E-state index contributed by atoms with van der Waals surface area (Å²) in [6.07, 6.45) is -3.51. The third-order valence-electron chi connectivity index (χ3n) is 5.49. The average Bonchev–Trinajstić information content (AvgIpc) is 2.75. The molecule has 0 amide bonds. The van der Waals surface area contributed by atoms with Crippen molar-refractivity contribution < 1.29 is 34.0 Å². The molecule has 0 aliphatic carbocycles. The Labute approximate surface area is 182 Å². The van der Waals surface area contributed by atoms with Crippen LogP contribution in [0.2, 0.25) is 0 Å². The predicted molar refractivity (Wildman–Crippen MR) is 115 cm³/mol. The van der Waals surface area contributed by atoms with Gasteiger partial charge in [0, 0.05) is 7.11 Å². The highest BCUT2D eigenvalue weighted by Gasteiger charge is 2.47. The van der Waals surface area contributed by atoms with E-state index in [1.165, 1.54) is 7.11 Å². The van der Waals surface area contributed by atoms with E-state index in [1.807, 2.05) is 42.5 Å². The second-order valence-electron chi connectivity index (χ2n) is 8.92. The zero-order valence-corrected chi connectivity index (χ0v) is 18.5. The van der Waals surface area contributed by atoms with Crippen LogP contribution in [-0.4, -0.2) is 61.1 Å². The summed E-state index contributed by atoms with van der Waals surface area (Å²) in [4.78, 5) is 12.3. The van der Waals surface area contributed by atoms with Crippen LogP contribution >= 0.6 is 0 Å². The van der Waals surface area contributed by atoms with Gasteiger partial charge in [-0.25, -0.2) is 0 Å². The lowest BCUT2D eigenvalue weighted by molar-refractivity contribution is -0.293. The van der Waals surface area contributed by atoms with Crippen molar-refractivity contribution in [3.63, 3.8) is 0 Å². The minimum absolute atomic E-state index is 0.0355. The van der Waals surface area contributed by atoms with Gasteiger partial charge in [-0.1, -0.05) is 36.4 Å². The van der Waals surface area contributed by atoms with E-state index < -0.39 is 35.9 Å². The number of aliphatic hydroxyl groups is 2. The number of rotatable bonds is 7. The first-order valence-electron chi connectivity index (χ1n) is 10.5. The van der Waals surface area contributed by atoms with Crippen molar-refractivity contribution in [2.75, 3.05) is 20.3 Å². The summed E-state index contributed by atoms with van der Waals surface area (Å²) in [5.41, 5.74) is 0.281. The fourth-order valence-corrected chi connectivity index (χ4v) is 3.66. The maximum atomic E-state index is 12.3. The molecule has 0 spiro atoms. The van der Waals surface area contributed by atoms with Gasteiger partial charge in [-0.3, -0.25) is 4.79 Å². The van der Waals surface area contributed by atoms with Gasteiger partial charge in [0.25, 0.3) is 0 Å². The maximum absolute atomic E-state index is 12.3. The molecule has 0 aromatic heterocycles. The fourth-order valence-electron chi connectivity index (χ4n) is 3.66. The highest BCUT2D eigenvalue weighted by atomic mass is 16.7. The molecule has 1 aliphatic rings. The molecule has 1 saturated heterocycles. The summed E-state index contributed by atoms with van der Waals surface area (Å²) in [5.74, 6) is -0.927. The van der Waals surface area contributed by atoms with Crippen LogP contribution in [0.4, 0.5) is 0 Å². The van der Waals surface area contributed by atoms with Gasteiger partial charge in [0.1, 0.15) is 18.8 Å². The molecular formula is C24H32O7. The summed E-state index contributed by atoms with van der Waals surface area (Å²) < 4.78 is 22.7. The van der Waals surface area contributed by atoms with Crippen molar-refractivity contribution in [2.45, 2.75) is 52.0 Å². The standard InChI is InChI=1S/C24H32O7/c1-24(2,3)23(27)30-14-18-21(20(26)19(12-25)31-22(18)28-4)29-13-15-9-10-16-7-5-6-8-17(16)11-15/h5-11,18-22,25-26H,12-14H2,1-4H3/t18-,19-,20-,21-,22+/m1/s1. The molecule has 2 aromatic rings. The van der Waals surface area contributed by atoms with E-state index in [0.717, 1.165) is 16.3 Å². The molecule has 7 nitrogen and oxygen atoms in total. The van der Waals surface area contributed by atoms with Gasteiger partial charge in [-0.05, 0) is 43.2 Å². The number of aliphatic hydroxyl groups excluding tert-OH is 2. The summed E-state index contributed by atoms with van der Waals surface area (Å²) in [6, 6.07) is 14.1. The third-order valence-corrected chi connectivity index (χ3v) is 5.49. The van der Waals surface area contributed by atoms with Crippen molar-refractivity contribution in [1.82, 2.24) is 0 Å². The molecule has 1 heterocycles. The largest absolute Gasteiger partial charge is 0.465 e. The normalized spacial score (nSPS) is 26.7. The van der Waals surface area contributed by atoms with Crippen molar-refractivity contribution in [3.05, 3.63) is 48.0 Å². The topological polar surface area (TPSA) is 94.5 Å². The molecule has 170 valence electrons. The molecule has 5 atom stereocenters. The number of fused-ring (bicyclic) bond motifs is 1. The maximum Gasteiger partial charge on any atom is 0.311 e. The Bertz CT molecular complexity index is 876. The number of hydrogen-bond donors (Lipinski definition) is 2. The summed E-state index contributed by atoms with van der Waals surface area (Å²) >= 11 is 0. The molecule has 0 bridgehead atoms. The van der Waals surface area contributed by atoms with E-state index in [1.54, 1.807) is 20.8 Å². The van der Waals surface area contributed by atoms with Crippen molar-refractivity contribution in [3.8, 4) is 0 Å². The zero-order valence-electron chi connectivity index (χ0n) is 18.5. The first-order chi connectivity index (χ1) is 14.7. The lowest BCUT2D eigenvalue weighted by atomic mass is 9.90. The zero-order chi connectivity index (χ0) is 22.6. The van der Waals surface area contributed by atoms with Crippen LogP contribution in [-0.2, 0) is 30.3 Å². The van der Waals surface area contributed by atoms with Gasteiger partial charge in [-0.15, -0.1) is 0 Å². The molecule has 1 fully saturated rings. The SMILES string of the molecule is CO[C@H]1O[C@H](CO)[C@@H](O)[C@H](OCc2ccc3ccccc3c2)[C@H]1COC(=O)C(C)(C)C. The van der Waals surface area contributed by atoms with Gasteiger partial charge in [0.15, 0.2) is 6.29 Å². The van der Waals surface area contributed by atoms with Crippen LogP contribution in [0.5, 0.6) is 0 Å². The average molecular weight is 433 g/mol. The second-order valence-corrected chi connectivity index (χ2v) is 8.92. The molecule has 2 N–H and O–H groups in total. The molecule has 2 aromatic carbocycles. The molecule has 0 radical (unpaired) electrons. The van der Waals surface area contributed by atoms with Crippen molar-refractivity contribution >= 4 is 16.7 Å². The Morgan fingerprint density at radius 1 is 1.13 bits per heavy atom. The highest BCUT2D eigenvalue weighted by Crippen LogP contribution is 2.31. The van der Waals surface area contributed by atoms with Gasteiger partial charge in [0.2, 0.25) is 0 Å². The highest BCUT2D eigenvalue weighted by molar-refractivity contribution is 5.82. The van der Waals surface area contributed by atoms with E-state index in [9.17, 15) is 15.0 Å². The fraction of sp³-hybridized carbons (Fsp3) is 0.542. The number of benzene rings is 2. The minimum Gasteiger partial charge on any atom is -0.465 e. The Morgan fingerprint density at radius 3 is 2.48 bits per heavy atom. The van der Waals surface area contributed by atoms with Crippen LogP contribution in [0.1, 0.15) is 26.3 Å². The molecule has 1 aliphatic heterocycles. The van der Waals surface area contributed by atoms with Crippen LogP contribution in [0, 0.1) is 11.3 Å². The number of hydrogen-bond acceptors (Lipinski definition) is 7. The lowest BCUT2D eigenvalue weighted by Crippen LogP contribution is -2.58. The third kappa shape index (κ3) is 5.61. The van der Waals surface area contributed by atoms with Gasteiger partial charge >= 0.3 is 5.97 Å². The molecule has 0 unspecified atom stereocenters. The number of carbonyl (C=O) groups is 1. The Hall–Kier alpha value is -2.03. The molecule has 0 saturated carbocycles. The molecule has 7 heteroatoms. The van der Waals surface area contributed by atoms with Crippen LogP contribution in [0.3, 0.4) is 0 Å². The van der Waals surface area contributed by atoms with Gasteiger partial charge < -0.3 is 29.2 Å². The Balaban J connectivity index is 1.77. The smallest absolute Gasteiger partial charge is 0.311 e. The van der Waals surface area contributed by atoms with Gasteiger partial charge in [0.05, 0.1) is 30.7 Å². The monoisotopic (exact) mass is 432 g/mol. The first-order valence-corrected chi connectivity index (χ1v) is 10.5. The number of esters is 1. The number of carbonyl (C=O) groups excluding carboxylic acids is 1. The van der Waals surface area contributed by atoms with E-state index >= 15 is 0 Å². The minimum atomic E-state index is -1.10. The Morgan fingerprint density at radius 2 is 1.84 bits per heavy atom. The molecule has 3 rings (SSSR count). The number of methoxy groups -OCH3 is 1. The van der Waals surface area contributed by atoms with Crippen LogP contribution < -0.4 is 0 Å². The van der Waals surface area contributed by atoms with Crippen molar-refractivity contribution in [1.29, 1.82) is 0 Å². The van der Waals surface area contributed by atoms with E-state index in [2.05, 4.69) is 0 Å². The quantitative estimate of drug-likeness (QED) is 0.650. The summed E-state index contributed by atoms with van der Waals surface area (Å²) in [5, 5.41) is 22.6. The van der Waals surface area contributed by atoms with Crippen molar-refractivity contribution in [2.24, 2.45) is 11.3 Å². The van der Waals surface area contributed by atoms with E-state index in [0.29, 0.717) is 0 Å². The summed E-state index contributed by atoms with van der Waals surface area (Å²) in [7, 11) is 1.47. The van der Waals surface area contributed by atoms with Crippen LogP contribution in [0.25, 0.3) is 10.8 Å². The lowest BCUT2D eigenvalue weighted by Gasteiger charge is -2.43. The van der Waals surface area contributed by atoms with E-state index in [-0.39, 0.29) is 25.8 Å².